The van der Waals surface area contributed by atoms with Crippen LogP contribution in [0, 0.1) is 24.1 Å². The van der Waals surface area contributed by atoms with E-state index in [0.717, 1.165) is 25.7 Å². The summed E-state index contributed by atoms with van der Waals surface area (Å²) < 4.78 is 35.5. The number of rotatable bonds is 12. The topological polar surface area (TPSA) is 83.7 Å². The lowest BCUT2D eigenvalue weighted by Crippen LogP contribution is -2.33. The molecule has 1 aromatic carbocycles. The van der Waals surface area contributed by atoms with Crippen molar-refractivity contribution in [1.82, 2.24) is 15.0 Å². The number of hydrogen-bond acceptors (Lipinski definition) is 6. The molecule has 0 atom stereocenters. The molecule has 0 saturated carbocycles. The first kappa shape index (κ1) is 30.7. The zero-order valence-electron chi connectivity index (χ0n) is 23.3. The molecule has 40 heavy (non-hydrogen) atoms. The Kier molecular flexibility index (Phi) is 11.6. The van der Waals surface area contributed by atoms with Crippen molar-refractivity contribution in [2.45, 2.75) is 66.3 Å². The Labute approximate surface area is 239 Å². The van der Waals surface area contributed by atoms with Crippen molar-refractivity contribution in [2.24, 2.45) is 0 Å². The van der Waals surface area contributed by atoms with Gasteiger partial charge in [-0.1, -0.05) is 50.8 Å². The van der Waals surface area contributed by atoms with Gasteiger partial charge in [0.1, 0.15) is 11.6 Å². The van der Waals surface area contributed by atoms with E-state index >= 15 is 4.39 Å². The van der Waals surface area contributed by atoms with Gasteiger partial charge in [-0.25, -0.2) is 18.7 Å². The van der Waals surface area contributed by atoms with E-state index in [1.807, 2.05) is 19.1 Å². The number of aromatic nitrogens is 3. The Bertz CT molecular complexity index is 1510. The van der Waals surface area contributed by atoms with Gasteiger partial charge in [0.05, 0.1) is 40.0 Å². The van der Waals surface area contributed by atoms with E-state index in [0.29, 0.717) is 62.3 Å². The number of aryl methyl sites for hydroxylation is 1. The molecule has 2 aromatic heterocycles. The van der Waals surface area contributed by atoms with Gasteiger partial charge < -0.3 is 10.1 Å². The van der Waals surface area contributed by atoms with Crippen LogP contribution in [0.1, 0.15) is 75.3 Å². The van der Waals surface area contributed by atoms with E-state index in [-0.39, 0.29) is 12.6 Å². The van der Waals surface area contributed by atoms with E-state index in [1.165, 1.54) is 36.7 Å². The number of benzene rings is 1. The molecule has 0 aliphatic carbocycles. The Balaban J connectivity index is 1.93. The van der Waals surface area contributed by atoms with E-state index < -0.39 is 11.6 Å². The number of anilines is 1. The minimum Gasteiger partial charge on any atom is -0.463 e. The first-order valence-corrected chi connectivity index (χ1v) is 13.8. The third-order valence-corrected chi connectivity index (χ3v) is 6.78. The van der Waals surface area contributed by atoms with Crippen LogP contribution < -0.4 is 20.6 Å². The van der Waals surface area contributed by atoms with Crippen molar-refractivity contribution in [1.29, 1.82) is 5.26 Å². The lowest BCUT2D eigenvalue weighted by atomic mass is 10.1. The van der Waals surface area contributed by atoms with Gasteiger partial charge in [-0.2, -0.15) is 5.26 Å². The van der Waals surface area contributed by atoms with Crippen LogP contribution in [-0.4, -0.2) is 21.6 Å². The maximum atomic E-state index is 15.5. The van der Waals surface area contributed by atoms with Crippen LogP contribution in [0.15, 0.2) is 36.4 Å². The highest BCUT2D eigenvalue weighted by Gasteiger charge is 2.12. The highest BCUT2D eigenvalue weighted by atomic mass is 35.5. The number of unbranched alkanes of at least 4 members (excludes halogenated alkanes) is 3. The van der Waals surface area contributed by atoms with E-state index in [9.17, 15) is 4.39 Å². The Morgan fingerprint density at radius 2 is 1.93 bits per heavy atom. The van der Waals surface area contributed by atoms with Crippen molar-refractivity contribution in [3.05, 3.63) is 80.2 Å². The molecular formula is C31H34ClF2N5O. The van der Waals surface area contributed by atoms with Crippen molar-refractivity contribution in [2.75, 3.05) is 11.9 Å². The summed E-state index contributed by atoms with van der Waals surface area (Å²) >= 11 is 6.60. The summed E-state index contributed by atoms with van der Waals surface area (Å²) in [7, 11) is 0. The summed E-state index contributed by atoms with van der Waals surface area (Å²) in [5, 5.41) is 13.7. The van der Waals surface area contributed by atoms with Crippen LogP contribution in [0.25, 0.3) is 17.7 Å². The summed E-state index contributed by atoms with van der Waals surface area (Å²) in [5.41, 5.74) is 2.53. The predicted octanol–water partition coefficient (Wildman–Crippen LogP) is 6.79. The second-order valence-corrected chi connectivity index (χ2v) is 9.73. The van der Waals surface area contributed by atoms with E-state index in [2.05, 4.69) is 27.2 Å². The Hall–Kier alpha value is -3.83. The van der Waals surface area contributed by atoms with Crippen LogP contribution in [-0.2, 0) is 6.54 Å². The fraction of sp³-hybridized carbons (Fsp3) is 0.355. The molecule has 210 valence electrons. The third kappa shape index (κ3) is 8.09. The van der Waals surface area contributed by atoms with Gasteiger partial charge in [0, 0.05) is 41.4 Å². The van der Waals surface area contributed by atoms with E-state index in [1.54, 1.807) is 13.8 Å². The normalized spacial score (nSPS) is 12.8. The average molecular weight is 566 g/mol. The molecular weight excluding hydrogens is 532 g/mol. The van der Waals surface area contributed by atoms with E-state index in [4.69, 9.17) is 21.6 Å². The van der Waals surface area contributed by atoms with Gasteiger partial charge in [0.15, 0.2) is 0 Å². The molecule has 0 amide bonds. The van der Waals surface area contributed by atoms with Gasteiger partial charge in [0.2, 0.25) is 0 Å². The molecule has 0 aliphatic heterocycles. The zero-order valence-corrected chi connectivity index (χ0v) is 24.1. The quantitative estimate of drug-likeness (QED) is 0.243. The number of ether oxygens (including phenoxy) is 1. The highest BCUT2D eigenvalue weighted by molar-refractivity contribution is 6.33. The lowest BCUT2D eigenvalue weighted by molar-refractivity contribution is 0.281. The molecule has 9 heteroatoms. The fourth-order valence-corrected chi connectivity index (χ4v) is 4.23. The first-order chi connectivity index (χ1) is 19.3. The molecule has 0 saturated heterocycles. The van der Waals surface area contributed by atoms with Crippen LogP contribution >= 0.6 is 11.6 Å². The molecule has 2 heterocycles. The molecule has 0 fully saturated rings. The summed E-state index contributed by atoms with van der Waals surface area (Å²) in [6.45, 7) is 8.09. The summed E-state index contributed by atoms with van der Waals surface area (Å²) in [4.78, 5) is 13.0. The number of allylic oxidation sites excluding steroid dienone is 2. The van der Waals surface area contributed by atoms with Crippen LogP contribution in [0.4, 0.5) is 14.5 Å². The van der Waals surface area contributed by atoms with Crippen molar-refractivity contribution in [3.63, 3.8) is 0 Å². The average Bonchev–Trinajstić information content (AvgIpc) is 2.96. The maximum Gasteiger partial charge on any atom is 0.316 e. The van der Waals surface area contributed by atoms with Gasteiger partial charge in [0.25, 0.3) is 0 Å². The number of hydrogen-bond donors (Lipinski definition) is 1. The molecule has 0 bridgehead atoms. The zero-order chi connectivity index (χ0) is 29.1. The maximum absolute atomic E-state index is 15.5. The first-order valence-electron chi connectivity index (χ1n) is 13.4. The Morgan fingerprint density at radius 3 is 2.60 bits per heavy atom. The molecule has 0 spiro atoms. The fourth-order valence-electron chi connectivity index (χ4n) is 4.02. The lowest BCUT2D eigenvalue weighted by Gasteiger charge is -2.13. The molecule has 3 rings (SSSR count). The second-order valence-electron chi connectivity index (χ2n) is 9.35. The monoisotopic (exact) mass is 565 g/mol. The molecule has 0 unspecified atom stereocenters. The molecule has 1 N–H and O–H groups in total. The smallest absolute Gasteiger partial charge is 0.316 e. The second kappa shape index (κ2) is 15.1. The van der Waals surface area contributed by atoms with Crippen molar-refractivity contribution in [3.8, 4) is 12.1 Å². The summed E-state index contributed by atoms with van der Waals surface area (Å²) in [6, 6.07) is 6.44. The number of nitriles is 1. The number of halogens is 3. The van der Waals surface area contributed by atoms with Gasteiger partial charge in [-0.3, -0.25) is 4.98 Å². The summed E-state index contributed by atoms with van der Waals surface area (Å²) in [5.74, 6) is -0.948. The van der Waals surface area contributed by atoms with Crippen molar-refractivity contribution < 1.29 is 13.5 Å². The molecule has 3 aromatic rings. The predicted molar refractivity (Wildman–Crippen MR) is 156 cm³/mol. The van der Waals surface area contributed by atoms with Gasteiger partial charge >= 0.3 is 6.01 Å². The number of nitrogens with zero attached hydrogens (tertiary/aromatic N) is 4. The van der Waals surface area contributed by atoms with Gasteiger partial charge in [-0.15, -0.1) is 0 Å². The SMILES string of the molecule is CC\C=c1/c(NCc2cc(C#N)ccc2F)c(Cl)c(C)n/c1=C/C(F)=C(\C)c1cnc(OCCCCCC)nc1. The van der Waals surface area contributed by atoms with Gasteiger partial charge in [-0.05, 0) is 50.5 Å². The number of nitrogens with one attached hydrogen (secondary N) is 1. The van der Waals surface area contributed by atoms with Crippen LogP contribution in [0.2, 0.25) is 5.02 Å². The molecule has 0 aliphatic rings. The highest BCUT2D eigenvalue weighted by Crippen LogP contribution is 2.22. The Morgan fingerprint density at radius 1 is 1.18 bits per heavy atom. The third-order valence-electron chi connectivity index (χ3n) is 6.32. The largest absolute Gasteiger partial charge is 0.463 e. The van der Waals surface area contributed by atoms with Crippen LogP contribution in [0.3, 0.4) is 0 Å². The van der Waals surface area contributed by atoms with Crippen molar-refractivity contribution >= 4 is 35.0 Å². The standard InChI is InChI=1S/C31H34ClF2N5O/c1-5-7-8-9-13-40-31-37-18-24(19-38-31)20(3)27(34)15-28-25(10-6-2)30(29(32)21(4)39-28)36-17-23-14-22(16-35)11-12-26(23)33/h10-12,14-15,18-19,36H,5-9,13,17H2,1-4H3/b25-10-,27-20-,28-15+. The molecule has 0 radical (unpaired) electrons. The number of pyridine rings is 1. The minimum absolute atomic E-state index is 0.0796. The minimum atomic E-state index is -0.504. The molecule has 6 nitrogen and oxygen atoms in total. The summed E-state index contributed by atoms with van der Waals surface area (Å²) in [6.07, 6.45) is 11.3. The van der Waals surface area contributed by atoms with Crippen LogP contribution in [0.5, 0.6) is 6.01 Å².